The number of aliphatic hydroxyl groups is 1. The zero-order valence-electron chi connectivity index (χ0n) is 8.93. The third-order valence-electron chi connectivity index (χ3n) is 2.42. The quantitative estimate of drug-likeness (QED) is 0.713. The summed E-state index contributed by atoms with van der Waals surface area (Å²) in [5.74, 6) is 0. The molecule has 4 N–H and O–H groups in total. The lowest BCUT2D eigenvalue weighted by Gasteiger charge is -2.03. The summed E-state index contributed by atoms with van der Waals surface area (Å²) in [6, 6.07) is 11.7. The summed E-state index contributed by atoms with van der Waals surface area (Å²) < 4.78 is 0. The number of nitrogens with one attached hydrogen (secondary N) is 1. The van der Waals surface area contributed by atoms with E-state index in [0.29, 0.717) is 6.42 Å². The predicted molar refractivity (Wildman–Crippen MR) is 62.8 cm³/mol. The Bertz CT molecular complexity index is 439. The molecule has 0 radical (unpaired) electrons. The van der Waals surface area contributed by atoms with E-state index < -0.39 is 0 Å². The van der Waals surface area contributed by atoms with Crippen LogP contribution in [0.25, 0.3) is 11.3 Å². The molecule has 0 spiro atoms. The topological polar surface area (TPSA) is 74.9 Å². The van der Waals surface area contributed by atoms with Gasteiger partial charge in [0.25, 0.3) is 0 Å². The van der Waals surface area contributed by atoms with Crippen molar-refractivity contribution in [3.8, 4) is 11.3 Å². The molecule has 0 bridgehead atoms. The molecule has 2 rings (SSSR count). The van der Waals surface area contributed by atoms with Crippen molar-refractivity contribution < 1.29 is 5.11 Å². The van der Waals surface area contributed by atoms with Gasteiger partial charge in [0, 0.05) is 23.7 Å². The molecule has 1 aromatic heterocycles. The Kier molecular flexibility index (Phi) is 3.34. The molecule has 0 saturated carbocycles. The summed E-state index contributed by atoms with van der Waals surface area (Å²) in [5.41, 5.74) is 8.58. The van der Waals surface area contributed by atoms with Gasteiger partial charge in [-0.1, -0.05) is 30.3 Å². The second kappa shape index (κ2) is 4.92. The van der Waals surface area contributed by atoms with E-state index in [1.54, 1.807) is 0 Å². The molecule has 0 aliphatic heterocycles. The minimum atomic E-state index is -0.232. The Morgan fingerprint density at radius 3 is 2.75 bits per heavy atom. The first-order valence-electron chi connectivity index (χ1n) is 5.25. The van der Waals surface area contributed by atoms with Gasteiger partial charge in [0.15, 0.2) is 0 Å². The fraction of sp³-hybridized carbons (Fsp3) is 0.250. The van der Waals surface area contributed by atoms with E-state index in [4.69, 9.17) is 10.8 Å². The molecular weight excluding hydrogens is 202 g/mol. The standard InChI is InChI=1S/C12H15N3O/c13-10(8-16)6-11-7-12(15-14-11)9-4-2-1-3-5-9/h1-5,7,10,16H,6,8,13H2,(H,14,15). The maximum atomic E-state index is 8.86. The summed E-state index contributed by atoms with van der Waals surface area (Å²) in [5, 5.41) is 16.0. The van der Waals surface area contributed by atoms with Crippen LogP contribution >= 0.6 is 0 Å². The summed E-state index contributed by atoms with van der Waals surface area (Å²) in [6.45, 7) is -0.0142. The Labute approximate surface area is 94.1 Å². The number of aromatic nitrogens is 2. The molecule has 1 unspecified atom stereocenters. The number of nitrogens with zero attached hydrogens (tertiary/aromatic N) is 1. The van der Waals surface area contributed by atoms with Gasteiger partial charge in [-0.3, -0.25) is 5.10 Å². The number of hydrogen-bond acceptors (Lipinski definition) is 3. The monoisotopic (exact) mass is 217 g/mol. The van der Waals surface area contributed by atoms with Crippen molar-refractivity contribution in [2.24, 2.45) is 5.73 Å². The van der Waals surface area contributed by atoms with Gasteiger partial charge < -0.3 is 10.8 Å². The molecule has 1 aromatic carbocycles. The van der Waals surface area contributed by atoms with Crippen LogP contribution in [0.2, 0.25) is 0 Å². The molecule has 1 atom stereocenters. The van der Waals surface area contributed by atoms with Gasteiger partial charge in [0.2, 0.25) is 0 Å². The number of aromatic amines is 1. The molecule has 1 heterocycles. The summed E-state index contributed by atoms with van der Waals surface area (Å²) >= 11 is 0. The fourth-order valence-corrected chi connectivity index (χ4v) is 1.57. The van der Waals surface area contributed by atoms with Crippen LogP contribution < -0.4 is 5.73 Å². The SMILES string of the molecule is NC(CO)Cc1cc(-c2ccccc2)n[nH]1. The van der Waals surface area contributed by atoms with Gasteiger partial charge >= 0.3 is 0 Å². The lowest BCUT2D eigenvalue weighted by Crippen LogP contribution is -2.26. The minimum absolute atomic E-state index is 0.0142. The first kappa shape index (κ1) is 10.9. The first-order chi connectivity index (χ1) is 7.79. The number of rotatable bonds is 4. The third-order valence-corrected chi connectivity index (χ3v) is 2.42. The molecule has 0 fully saturated rings. The molecule has 16 heavy (non-hydrogen) atoms. The highest BCUT2D eigenvalue weighted by Gasteiger charge is 2.07. The minimum Gasteiger partial charge on any atom is -0.395 e. The number of hydrogen-bond donors (Lipinski definition) is 3. The molecule has 0 saturated heterocycles. The molecule has 84 valence electrons. The van der Waals surface area contributed by atoms with Crippen LogP contribution in [0.4, 0.5) is 0 Å². The van der Waals surface area contributed by atoms with Gasteiger partial charge in [-0.15, -0.1) is 0 Å². The highest BCUT2D eigenvalue weighted by Crippen LogP contribution is 2.17. The number of nitrogens with two attached hydrogens (primary N) is 1. The molecular formula is C12H15N3O. The largest absolute Gasteiger partial charge is 0.395 e. The Morgan fingerprint density at radius 2 is 2.06 bits per heavy atom. The number of H-pyrrole nitrogens is 1. The van der Waals surface area contributed by atoms with Crippen molar-refractivity contribution in [1.82, 2.24) is 10.2 Å². The van der Waals surface area contributed by atoms with Gasteiger partial charge in [-0.25, -0.2) is 0 Å². The van der Waals surface area contributed by atoms with Gasteiger partial charge in [-0.05, 0) is 6.07 Å². The maximum absolute atomic E-state index is 8.86. The van der Waals surface area contributed by atoms with Crippen molar-refractivity contribution in [1.29, 1.82) is 0 Å². The Morgan fingerprint density at radius 1 is 1.31 bits per heavy atom. The van der Waals surface area contributed by atoms with Crippen LogP contribution in [0, 0.1) is 0 Å². The van der Waals surface area contributed by atoms with Crippen LogP contribution in [0.15, 0.2) is 36.4 Å². The van der Waals surface area contributed by atoms with Gasteiger partial charge in [0.05, 0.1) is 12.3 Å². The average molecular weight is 217 g/mol. The van der Waals surface area contributed by atoms with Crippen molar-refractivity contribution in [3.05, 3.63) is 42.1 Å². The van der Waals surface area contributed by atoms with Crippen LogP contribution in [0.3, 0.4) is 0 Å². The van der Waals surface area contributed by atoms with E-state index in [1.165, 1.54) is 0 Å². The summed E-state index contributed by atoms with van der Waals surface area (Å²) in [6.07, 6.45) is 0.607. The Balaban J connectivity index is 2.14. The highest BCUT2D eigenvalue weighted by molar-refractivity contribution is 5.58. The van der Waals surface area contributed by atoms with E-state index in [-0.39, 0.29) is 12.6 Å². The van der Waals surface area contributed by atoms with Crippen molar-refractivity contribution in [2.75, 3.05) is 6.61 Å². The van der Waals surface area contributed by atoms with Crippen LogP contribution in [0.5, 0.6) is 0 Å². The lowest BCUT2D eigenvalue weighted by molar-refractivity contribution is 0.264. The summed E-state index contributed by atoms with van der Waals surface area (Å²) in [7, 11) is 0. The van der Waals surface area contributed by atoms with Crippen LogP contribution in [0.1, 0.15) is 5.69 Å². The maximum Gasteiger partial charge on any atom is 0.0923 e. The first-order valence-corrected chi connectivity index (χ1v) is 5.25. The van der Waals surface area contributed by atoms with Crippen LogP contribution in [-0.4, -0.2) is 28.0 Å². The zero-order chi connectivity index (χ0) is 11.4. The number of aliphatic hydroxyl groups excluding tert-OH is 1. The third kappa shape index (κ3) is 2.48. The molecule has 4 nitrogen and oxygen atoms in total. The van der Waals surface area contributed by atoms with Gasteiger partial charge in [-0.2, -0.15) is 5.10 Å². The van der Waals surface area contributed by atoms with E-state index >= 15 is 0 Å². The van der Waals surface area contributed by atoms with E-state index in [0.717, 1.165) is 17.0 Å². The predicted octanol–water partition coefficient (Wildman–Crippen LogP) is 0.939. The molecule has 4 heteroatoms. The molecule has 0 aliphatic carbocycles. The Hall–Kier alpha value is -1.65. The second-order valence-corrected chi connectivity index (χ2v) is 3.79. The van der Waals surface area contributed by atoms with Crippen molar-refractivity contribution in [2.45, 2.75) is 12.5 Å². The smallest absolute Gasteiger partial charge is 0.0923 e. The van der Waals surface area contributed by atoms with Gasteiger partial charge in [0.1, 0.15) is 0 Å². The lowest BCUT2D eigenvalue weighted by atomic mass is 10.1. The van der Waals surface area contributed by atoms with E-state index in [9.17, 15) is 0 Å². The van der Waals surface area contributed by atoms with Crippen LogP contribution in [-0.2, 0) is 6.42 Å². The van der Waals surface area contributed by atoms with Crippen molar-refractivity contribution in [3.63, 3.8) is 0 Å². The second-order valence-electron chi connectivity index (χ2n) is 3.79. The van der Waals surface area contributed by atoms with Crippen molar-refractivity contribution >= 4 is 0 Å². The average Bonchev–Trinajstić information content (AvgIpc) is 2.78. The van der Waals surface area contributed by atoms with E-state index in [1.807, 2.05) is 36.4 Å². The van der Waals surface area contributed by atoms with E-state index in [2.05, 4.69) is 10.2 Å². The molecule has 0 aliphatic rings. The normalized spacial score (nSPS) is 12.6. The fourth-order valence-electron chi connectivity index (χ4n) is 1.57. The zero-order valence-corrected chi connectivity index (χ0v) is 8.93. The number of benzene rings is 1. The molecule has 0 amide bonds. The highest BCUT2D eigenvalue weighted by atomic mass is 16.3. The summed E-state index contributed by atoms with van der Waals surface area (Å²) in [4.78, 5) is 0. The molecule has 2 aromatic rings.